The van der Waals surface area contributed by atoms with Gasteiger partial charge in [-0.25, -0.2) is 14.6 Å². The number of alkyl halides is 2. The average Bonchev–Trinajstić information content (AvgIpc) is 3.62. The Labute approximate surface area is 220 Å². The Bertz CT molecular complexity index is 1410. The zero-order valence-electron chi connectivity index (χ0n) is 19.5. The van der Waals surface area contributed by atoms with Crippen molar-refractivity contribution in [2.45, 2.75) is 32.0 Å². The first-order valence-electron chi connectivity index (χ1n) is 11.5. The van der Waals surface area contributed by atoms with Gasteiger partial charge in [0.2, 0.25) is 0 Å². The number of rotatable bonds is 7. The predicted octanol–water partition coefficient (Wildman–Crippen LogP) is 4.38. The summed E-state index contributed by atoms with van der Waals surface area (Å²) in [5.41, 5.74) is 8.93. The second-order valence-electron chi connectivity index (χ2n) is 8.72. The first-order chi connectivity index (χ1) is 17.8. The van der Waals surface area contributed by atoms with Gasteiger partial charge in [-0.15, -0.1) is 0 Å². The summed E-state index contributed by atoms with van der Waals surface area (Å²) >= 11 is 12.2. The molecule has 37 heavy (non-hydrogen) atoms. The van der Waals surface area contributed by atoms with Crippen molar-refractivity contribution in [1.29, 1.82) is 5.41 Å². The van der Waals surface area contributed by atoms with E-state index < -0.39 is 6.55 Å². The van der Waals surface area contributed by atoms with Crippen LogP contribution in [0.3, 0.4) is 0 Å². The number of aromatic nitrogens is 6. The fourth-order valence-corrected chi connectivity index (χ4v) is 4.40. The molecule has 0 unspecified atom stereocenters. The van der Waals surface area contributed by atoms with Crippen molar-refractivity contribution in [2.24, 2.45) is 5.73 Å². The molecule has 0 atom stereocenters. The number of amidine groups is 1. The Morgan fingerprint density at radius 2 is 1.97 bits per heavy atom. The van der Waals surface area contributed by atoms with Crippen LogP contribution < -0.4 is 11.1 Å². The highest BCUT2D eigenvalue weighted by Crippen LogP contribution is 2.27. The van der Waals surface area contributed by atoms with Crippen LogP contribution >= 0.6 is 23.2 Å². The van der Waals surface area contributed by atoms with Gasteiger partial charge in [-0.1, -0.05) is 23.2 Å². The molecule has 14 heteroatoms. The zero-order chi connectivity index (χ0) is 26.1. The molecular weight excluding hydrogens is 525 g/mol. The van der Waals surface area contributed by atoms with Gasteiger partial charge in [0.05, 0.1) is 51.4 Å². The van der Waals surface area contributed by atoms with Gasteiger partial charge in [0.15, 0.2) is 5.82 Å². The molecule has 6 N–H and O–H groups in total. The van der Waals surface area contributed by atoms with Crippen LogP contribution in [0.2, 0.25) is 10.0 Å². The monoisotopic (exact) mass is 548 g/mol. The number of H-pyrrole nitrogens is 2. The first kappa shape index (κ1) is 25.2. The molecule has 1 aromatic carbocycles. The number of hydrogen-bond donors (Lipinski definition) is 5. The molecule has 0 amide bonds. The van der Waals surface area contributed by atoms with Gasteiger partial charge in [-0.3, -0.25) is 5.41 Å². The first-order valence-corrected chi connectivity index (χ1v) is 12.3. The molecule has 1 aliphatic heterocycles. The number of likely N-dealkylation sites (tertiary alicyclic amines) is 1. The van der Waals surface area contributed by atoms with Crippen LogP contribution in [-0.4, -0.2) is 59.6 Å². The molecule has 4 heterocycles. The lowest BCUT2D eigenvalue weighted by Crippen LogP contribution is -2.42. The molecule has 4 aromatic rings. The van der Waals surface area contributed by atoms with Gasteiger partial charge in [-0.05, 0) is 25.0 Å². The Morgan fingerprint density at radius 1 is 1.22 bits per heavy atom. The molecule has 194 valence electrons. The quantitative estimate of drug-likeness (QED) is 0.171. The molecule has 3 aromatic heterocycles. The minimum Gasteiger partial charge on any atom is -0.375 e. The molecular formula is C23H24Cl2F2N10. The van der Waals surface area contributed by atoms with Crippen molar-refractivity contribution >= 4 is 45.8 Å². The van der Waals surface area contributed by atoms with Gasteiger partial charge in [-0.2, -0.15) is 13.9 Å². The summed E-state index contributed by atoms with van der Waals surface area (Å²) in [4.78, 5) is 17.3. The number of piperidine rings is 1. The van der Waals surface area contributed by atoms with E-state index in [0.717, 1.165) is 18.4 Å². The lowest BCUT2D eigenvalue weighted by molar-refractivity contribution is 0.0566. The van der Waals surface area contributed by atoms with Gasteiger partial charge >= 0.3 is 6.55 Å². The van der Waals surface area contributed by atoms with E-state index in [1.807, 2.05) is 4.90 Å². The van der Waals surface area contributed by atoms with Crippen LogP contribution in [0.1, 0.15) is 31.0 Å². The minimum atomic E-state index is -2.74. The van der Waals surface area contributed by atoms with Crippen LogP contribution in [0.15, 0.2) is 36.8 Å². The van der Waals surface area contributed by atoms with E-state index in [2.05, 4.69) is 30.4 Å². The fourth-order valence-electron chi connectivity index (χ4n) is 4.08. The molecule has 1 saturated heterocycles. The van der Waals surface area contributed by atoms with Gasteiger partial charge in [0.1, 0.15) is 11.7 Å². The van der Waals surface area contributed by atoms with Crippen molar-refractivity contribution in [3.8, 4) is 11.3 Å². The number of nitrogens with two attached hydrogens (primary N) is 1. The number of imidazole rings is 2. The van der Waals surface area contributed by atoms with Crippen molar-refractivity contribution < 1.29 is 8.78 Å². The number of hydrogen-bond acceptors (Lipinski definition) is 6. The summed E-state index contributed by atoms with van der Waals surface area (Å²) in [6, 6.07) is 3.54. The standard InChI is InChI=1S/C23H24Cl2F2N10/c24-14-5-16-17(6-15(14)25)34-21(33-16)10-30-18(7-20(29)36-3-1-13(28)2-4-36)22-31-9-19(35-22)12-8-32-37(11-12)23(26)27/h5-9,11,13,23,29-30H,1-4,10,28H2,(H,31,35)(H,33,34)/b18-7+,29-20?. The molecule has 0 radical (unpaired) electrons. The van der Waals surface area contributed by atoms with E-state index in [0.29, 0.717) is 67.8 Å². The van der Waals surface area contributed by atoms with Crippen LogP contribution in [-0.2, 0) is 6.54 Å². The van der Waals surface area contributed by atoms with Crippen LogP contribution in [0, 0.1) is 5.41 Å². The number of nitrogens with zero attached hydrogens (tertiary/aromatic N) is 5. The minimum absolute atomic E-state index is 0.141. The molecule has 0 aliphatic carbocycles. The highest BCUT2D eigenvalue weighted by molar-refractivity contribution is 6.42. The average molecular weight is 549 g/mol. The van der Waals surface area contributed by atoms with Crippen molar-refractivity contribution in [3.63, 3.8) is 0 Å². The van der Waals surface area contributed by atoms with Crippen LogP contribution in [0.25, 0.3) is 28.0 Å². The predicted molar refractivity (Wildman–Crippen MR) is 139 cm³/mol. The number of fused-ring (bicyclic) bond motifs is 1. The normalized spacial score (nSPS) is 15.2. The van der Waals surface area contributed by atoms with Gasteiger partial charge < -0.3 is 25.9 Å². The summed E-state index contributed by atoms with van der Waals surface area (Å²) in [5.74, 6) is 1.36. The maximum atomic E-state index is 13.0. The molecule has 0 spiro atoms. The lowest BCUT2D eigenvalue weighted by atomic mass is 10.1. The largest absolute Gasteiger partial charge is 0.375 e. The lowest BCUT2D eigenvalue weighted by Gasteiger charge is -2.31. The van der Waals surface area contributed by atoms with E-state index in [9.17, 15) is 8.78 Å². The summed E-state index contributed by atoms with van der Waals surface area (Å²) in [6.45, 7) is -1.08. The summed E-state index contributed by atoms with van der Waals surface area (Å²) in [6.07, 6.45) is 7.40. The van der Waals surface area contributed by atoms with Gasteiger partial charge in [0, 0.05) is 37.0 Å². The van der Waals surface area contributed by atoms with Crippen LogP contribution in [0.4, 0.5) is 8.78 Å². The van der Waals surface area contributed by atoms with E-state index >= 15 is 0 Å². The SMILES string of the molecule is N=C(/C=C(/NCc1nc2cc(Cl)c(Cl)cc2[nH]1)c1ncc(-c2cnn(C(F)F)c2)[nH]1)N1CCC(N)CC1. The molecule has 5 rings (SSSR count). The number of benzene rings is 1. The molecule has 0 saturated carbocycles. The highest BCUT2D eigenvalue weighted by atomic mass is 35.5. The maximum Gasteiger partial charge on any atom is 0.333 e. The number of aromatic amines is 2. The third-order valence-corrected chi connectivity index (χ3v) is 6.85. The Morgan fingerprint density at radius 3 is 2.70 bits per heavy atom. The highest BCUT2D eigenvalue weighted by Gasteiger charge is 2.19. The summed E-state index contributed by atoms with van der Waals surface area (Å²) in [7, 11) is 0. The smallest absolute Gasteiger partial charge is 0.333 e. The third kappa shape index (κ3) is 5.60. The van der Waals surface area contributed by atoms with Crippen molar-refractivity contribution in [3.05, 3.63) is 58.5 Å². The zero-order valence-corrected chi connectivity index (χ0v) is 21.0. The van der Waals surface area contributed by atoms with E-state index in [-0.39, 0.29) is 12.6 Å². The molecule has 1 fully saturated rings. The topological polar surface area (TPSA) is 140 Å². The second-order valence-corrected chi connectivity index (χ2v) is 9.53. The van der Waals surface area contributed by atoms with E-state index in [1.54, 1.807) is 18.2 Å². The maximum absolute atomic E-state index is 13.0. The molecule has 0 bridgehead atoms. The van der Waals surface area contributed by atoms with Gasteiger partial charge in [0.25, 0.3) is 0 Å². The molecule has 10 nitrogen and oxygen atoms in total. The Kier molecular flexibility index (Phi) is 7.13. The van der Waals surface area contributed by atoms with E-state index in [1.165, 1.54) is 18.6 Å². The Hall–Kier alpha value is -3.48. The third-order valence-electron chi connectivity index (χ3n) is 6.12. The second kappa shape index (κ2) is 10.5. The Balaban J connectivity index is 1.40. The van der Waals surface area contributed by atoms with Crippen molar-refractivity contribution in [1.82, 2.24) is 39.9 Å². The van der Waals surface area contributed by atoms with Crippen molar-refractivity contribution in [2.75, 3.05) is 13.1 Å². The number of halogens is 4. The summed E-state index contributed by atoms with van der Waals surface area (Å²) in [5, 5.41) is 16.4. The molecule has 1 aliphatic rings. The fraction of sp³-hybridized carbons (Fsp3) is 0.304. The van der Waals surface area contributed by atoms with E-state index in [4.69, 9.17) is 34.3 Å². The number of nitrogens with one attached hydrogen (secondary N) is 4. The summed E-state index contributed by atoms with van der Waals surface area (Å²) < 4.78 is 26.5. The van der Waals surface area contributed by atoms with Crippen LogP contribution in [0.5, 0.6) is 0 Å².